The van der Waals surface area contributed by atoms with Crippen molar-refractivity contribution >= 4 is 22.4 Å². The van der Waals surface area contributed by atoms with Gasteiger partial charge in [-0.2, -0.15) is 0 Å². The molecule has 146 valence electrons. The number of ether oxygens (including phenoxy) is 2. The van der Waals surface area contributed by atoms with Crippen LogP contribution in [0.3, 0.4) is 0 Å². The van der Waals surface area contributed by atoms with E-state index in [0.717, 1.165) is 16.3 Å². The summed E-state index contributed by atoms with van der Waals surface area (Å²) < 4.78 is 10.7. The average Bonchev–Trinajstić information content (AvgIpc) is 3.14. The molecule has 0 saturated carbocycles. The fourth-order valence-electron chi connectivity index (χ4n) is 2.48. The third-order valence-electron chi connectivity index (χ3n) is 4.10. The van der Waals surface area contributed by atoms with E-state index in [4.69, 9.17) is 9.47 Å². The van der Waals surface area contributed by atoms with Crippen molar-refractivity contribution in [3.63, 3.8) is 0 Å². The van der Waals surface area contributed by atoms with E-state index >= 15 is 0 Å². The lowest BCUT2D eigenvalue weighted by Crippen LogP contribution is -2.20. The Hall–Kier alpha value is -2.93. The molecule has 1 N–H and O–H groups in total. The number of nitrogens with zero attached hydrogens (tertiary/aromatic N) is 2. The van der Waals surface area contributed by atoms with E-state index in [1.807, 2.05) is 48.5 Å². The van der Waals surface area contributed by atoms with Gasteiger partial charge in [0, 0.05) is 5.56 Å². The van der Waals surface area contributed by atoms with Crippen molar-refractivity contribution in [2.45, 2.75) is 26.2 Å². The van der Waals surface area contributed by atoms with E-state index in [0.29, 0.717) is 10.9 Å². The van der Waals surface area contributed by atoms with E-state index in [2.05, 4.69) is 36.3 Å². The van der Waals surface area contributed by atoms with Gasteiger partial charge in [0.25, 0.3) is 5.91 Å². The minimum absolute atomic E-state index is 0.0787. The van der Waals surface area contributed by atoms with Crippen LogP contribution >= 0.6 is 11.3 Å². The van der Waals surface area contributed by atoms with E-state index in [1.165, 1.54) is 16.9 Å². The SMILES string of the molecule is COc1ccc(-c2nnc(NC(=O)COc3ccc(C(C)(C)C)cc3)s2)cc1. The minimum Gasteiger partial charge on any atom is -0.497 e. The molecule has 0 bridgehead atoms. The van der Waals surface area contributed by atoms with E-state index in [-0.39, 0.29) is 17.9 Å². The molecular weight excluding hydrogens is 374 g/mol. The lowest BCUT2D eigenvalue weighted by Gasteiger charge is -2.19. The van der Waals surface area contributed by atoms with Crippen LogP contribution < -0.4 is 14.8 Å². The quantitative estimate of drug-likeness (QED) is 0.662. The first-order valence-corrected chi connectivity index (χ1v) is 9.68. The second kappa shape index (κ2) is 8.39. The number of anilines is 1. The molecule has 1 amide bonds. The number of hydrogen-bond acceptors (Lipinski definition) is 6. The summed E-state index contributed by atoms with van der Waals surface area (Å²) in [6.45, 7) is 6.36. The van der Waals surface area contributed by atoms with Crippen LogP contribution in [0.5, 0.6) is 11.5 Å². The van der Waals surface area contributed by atoms with Gasteiger partial charge in [0.2, 0.25) is 5.13 Å². The number of carbonyl (C=O) groups excluding carboxylic acids is 1. The number of carbonyl (C=O) groups is 1. The van der Waals surface area contributed by atoms with E-state index in [9.17, 15) is 4.79 Å². The number of rotatable bonds is 6. The molecular formula is C21H23N3O3S. The van der Waals surface area contributed by atoms with Crippen molar-refractivity contribution in [1.29, 1.82) is 0 Å². The fourth-order valence-corrected chi connectivity index (χ4v) is 3.24. The van der Waals surface area contributed by atoms with Gasteiger partial charge in [-0.3, -0.25) is 10.1 Å². The summed E-state index contributed by atoms with van der Waals surface area (Å²) in [7, 11) is 1.62. The summed E-state index contributed by atoms with van der Waals surface area (Å²) in [5.74, 6) is 1.14. The normalized spacial score (nSPS) is 11.1. The molecule has 6 nitrogen and oxygen atoms in total. The molecule has 0 saturated heterocycles. The molecule has 0 spiro atoms. The molecule has 0 aliphatic rings. The molecule has 2 aromatic carbocycles. The molecule has 7 heteroatoms. The third-order valence-corrected chi connectivity index (χ3v) is 4.99. The van der Waals surface area contributed by atoms with E-state index < -0.39 is 0 Å². The first-order valence-electron chi connectivity index (χ1n) is 8.86. The van der Waals surface area contributed by atoms with Crippen molar-refractivity contribution in [1.82, 2.24) is 10.2 Å². The minimum atomic E-state index is -0.280. The largest absolute Gasteiger partial charge is 0.497 e. The smallest absolute Gasteiger partial charge is 0.264 e. The first kappa shape index (κ1) is 19.8. The summed E-state index contributed by atoms with van der Waals surface area (Å²) >= 11 is 1.30. The second-order valence-electron chi connectivity index (χ2n) is 7.25. The third kappa shape index (κ3) is 5.07. The molecule has 0 aliphatic carbocycles. The molecule has 3 aromatic rings. The summed E-state index contributed by atoms with van der Waals surface area (Å²) in [5, 5.41) is 12.0. The monoisotopic (exact) mass is 397 g/mol. The van der Waals surface area contributed by atoms with Gasteiger partial charge in [0.1, 0.15) is 16.5 Å². The van der Waals surface area contributed by atoms with Crippen LogP contribution in [-0.2, 0) is 10.2 Å². The Balaban J connectivity index is 1.54. The highest BCUT2D eigenvalue weighted by molar-refractivity contribution is 7.18. The Kier molecular flexibility index (Phi) is 5.94. The van der Waals surface area contributed by atoms with Crippen LogP contribution in [0, 0.1) is 0 Å². The zero-order chi connectivity index (χ0) is 20.1. The maximum Gasteiger partial charge on any atom is 0.264 e. The van der Waals surface area contributed by atoms with Crippen LogP contribution in [0.15, 0.2) is 48.5 Å². The highest BCUT2D eigenvalue weighted by atomic mass is 32.1. The predicted octanol–water partition coefficient (Wildman–Crippen LogP) is 4.53. The number of benzene rings is 2. The molecule has 0 fully saturated rings. The number of amides is 1. The molecule has 0 unspecified atom stereocenters. The molecule has 1 heterocycles. The maximum atomic E-state index is 12.1. The highest BCUT2D eigenvalue weighted by Gasteiger charge is 2.14. The van der Waals surface area contributed by atoms with Gasteiger partial charge in [-0.1, -0.05) is 44.2 Å². The van der Waals surface area contributed by atoms with Gasteiger partial charge >= 0.3 is 0 Å². The van der Waals surface area contributed by atoms with Crippen LogP contribution in [0.25, 0.3) is 10.6 Å². The number of aromatic nitrogens is 2. The van der Waals surface area contributed by atoms with Crippen LogP contribution in [0.2, 0.25) is 0 Å². The Morgan fingerprint density at radius 1 is 1.00 bits per heavy atom. The summed E-state index contributed by atoms with van der Waals surface area (Å²) in [5.41, 5.74) is 2.20. The Morgan fingerprint density at radius 2 is 1.64 bits per heavy atom. The van der Waals surface area contributed by atoms with Gasteiger partial charge in [-0.05, 0) is 47.4 Å². The zero-order valence-electron chi connectivity index (χ0n) is 16.4. The topological polar surface area (TPSA) is 73.3 Å². The first-order chi connectivity index (χ1) is 13.3. The maximum absolute atomic E-state index is 12.1. The summed E-state index contributed by atoms with van der Waals surface area (Å²) in [4.78, 5) is 12.1. The Labute approximate surface area is 168 Å². The molecule has 0 aliphatic heterocycles. The standard InChI is InChI=1S/C21H23N3O3S/c1-21(2,3)15-7-11-17(12-8-15)27-13-18(25)22-20-24-23-19(28-20)14-5-9-16(26-4)10-6-14/h5-12H,13H2,1-4H3,(H,22,24,25). The van der Waals surface area contributed by atoms with Crippen LogP contribution in [0.1, 0.15) is 26.3 Å². The van der Waals surface area contributed by atoms with Crippen molar-refractivity contribution in [2.75, 3.05) is 19.0 Å². The van der Waals surface area contributed by atoms with E-state index in [1.54, 1.807) is 7.11 Å². The lowest BCUT2D eigenvalue weighted by molar-refractivity contribution is -0.118. The zero-order valence-corrected chi connectivity index (χ0v) is 17.2. The van der Waals surface area contributed by atoms with Gasteiger partial charge in [-0.25, -0.2) is 0 Å². The van der Waals surface area contributed by atoms with Gasteiger partial charge in [0.05, 0.1) is 7.11 Å². The number of hydrogen-bond donors (Lipinski definition) is 1. The molecule has 0 radical (unpaired) electrons. The van der Waals surface area contributed by atoms with Crippen LogP contribution in [0.4, 0.5) is 5.13 Å². The van der Waals surface area contributed by atoms with Crippen LogP contribution in [-0.4, -0.2) is 29.8 Å². The summed E-state index contributed by atoms with van der Waals surface area (Å²) in [6.07, 6.45) is 0. The van der Waals surface area contributed by atoms with Gasteiger partial charge in [-0.15, -0.1) is 10.2 Å². The molecule has 28 heavy (non-hydrogen) atoms. The Bertz CT molecular complexity index is 929. The van der Waals surface area contributed by atoms with Crippen molar-refractivity contribution in [3.8, 4) is 22.1 Å². The predicted molar refractivity (Wildman–Crippen MR) is 111 cm³/mol. The summed E-state index contributed by atoms with van der Waals surface area (Å²) in [6, 6.07) is 15.3. The lowest BCUT2D eigenvalue weighted by atomic mass is 9.87. The van der Waals surface area contributed by atoms with Crippen molar-refractivity contribution in [3.05, 3.63) is 54.1 Å². The van der Waals surface area contributed by atoms with Gasteiger partial charge in [0.15, 0.2) is 6.61 Å². The van der Waals surface area contributed by atoms with Crippen molar-refractivity contribution < 1.29 is 14.3 Å². The second-order valence-corrected chi connectivity index (χ2v) is 8.23. The molecule has 0 atom stereocenters. The average molecular weight is 398 g/mol. The molecule has 3 rings (SSSR count). The highest BCUT2D eigenvalue weighted by Crippen LogP contribution is 2.28. The number of methoxy groups -OCH3 is 1. The van der Waals surface area contributed by atoms with Gasteiger partial charge < -0.3 is 9.47 Å². The Morgan fingerprint density at radius 3 is 2.25 bits per heavy atom. The molecule has 1 aromatic heterocycles. The fraction of sp³-hybridized carbons (Fsp3) is 0.286. The number of nitrogens with one attached hydrogen (secondary N) is 1. The van der Waals surface area contributed by atoms with Crippen molar-refractivity contribution in [2.24, 2.45) is 0 Å².